The molecule has 0 unspecified atom stereocenters. The summed E-state index contributed by atoms with van der Waals surface area (Å²) in [5, 5.41) is 20.4. The van der Waals surface area contributed by atoms with Crippen LogP contribution in [0.5, 0.6) is 0 Å². The van der Waals surface area contributed by atoms with E-state index < -0.39 is 23.4 Å². The zero-order chi connectivity index (χ0) is 20.1. The Morgan fingerprint density at radius 3 is 2.75 bits per heavy atom. The molecular weight excluding hydrogens is 367 g/mol. The molecule has 2 atom stereocenters. The van der Waals surface area contributed by atoms with Crippen molar-refractivity contribution < 1.29 is 18.3 Å². The van der Waals surface area contributed by atoms with Gasteiger partial charge in [-0.25, -0.2) is 18.2 Å². The fourth-order valence-electron chi connectivity index (χ4n) is 3.80. The number of aliphatic hydroxyl groups is 1. The molecule has 0 radical (unpaired) electrons. The van der Waals surface area contributed by atoms with E-state index in [1.54, 1.807) is 10.6 Å². The molecule has 28 heavy (non-hydrogen) atoms. The zero-order valence-electron chi connectivity index (χ0n) is 14.9. The van der Waals surface area contributed by atoms with E-state index in [0.717, 1.165) is 13.0 Å². The Hall–Kier alpha value is -3.11. The molecule has 1 aliphatic rings. The molecule has 0 bridgehead atoms. The minimum atomic E-state index is -3.05. The number of fused-ring (bicyclic) bond motifs is 1. The van der Waals surface area contributed by atoms with E-state index in [-0.39, 0.29) is 17.5 Å². The first-order chi connectivity index (χ1) is 13.2. The molecule has 0 amide bonds. The second-order valence-electron chi connectivity index (χ2n) is 7.08. The average molecular weight is 383 g/mol. The number of imidazole rings is 1. The van der Waals surface area contributed by atoms with Gasteiger partial charge >= 0.3 is 0 Å². The van der Waals surface area contributed by atoms with Gasteiger partial charge in [-0.2, -0.15) is 5.26 Å². The van der Waals surface area contributed by atoms with Crippen LogP contribution in [0, 0.1) is 17.1 Å². The quantitative estimate of drug-likeness (QED) is 0.736. The highest BCUT2D eigenvalue weighted by Gasteiger charge is 2.46. The van der Waals surface area contributed by atoms with Gasteiger partial charge in [-0.1, -0.05) is 24.3 Å². The number of hydrogen-bond acceptors (Lipinski definition) is 3. The smallest absolute Gasteiger partial charge is 0.270 e. The van der Waals surface area contributed by atoms with Gasteiger partial charge in [-0.05, 0) is 23.8 Å². The Labute approximate surface area is 159 Å². The number of alkyl halides is 2. The maximum atomic E-state index is 14.6. The molecule has 0 spiro atoms. The Kier molecular flexibility index (Phi) is 4.05. The second kappa shape index (κ2) is 6.21. The SMILES string of the molecule is CC(F)(F)c1cccc([C@]2(O)C[C@H](c3ccc(C#N)cc3F)n3cncc32)c1. The van der Waals surface area contributed by atoms with Crippen LogP contribution in [0.4, 0.5) is 13.2 Å². The van der Waals surface area contributed by atoms with Gasteiger partial charge < -0.3 is 9.67 Å². The van der Waals surface area contributed by atoms with Crippen molar-refractivity contribution in [1.82, 2.24) is 9.55 Å². The Morgan fingerprint density at radius 1 is 1.29 bits per heavy atom. The largest absolute Gasteiger partial charge is 0.379 e. The first kappa shape index (κ1) is 18.3. The van der Waals surface area contributed by atoms with Gasteiger partial charge in [0.1, 0.15) is 11.4 Å². The highest BCUT2D eigenvalue weighted by atomic mass is 19.3. The van der Waals surface area contributed by atoms with Crippen molar-refractivity contribution in [2.75, 3.05) is 0 Å². The second-order valence-corrected chi connectivity index (χ2v) is 7.08. The number of nitrogens with zero attached hydrogens (tertiary/aromatic N) is 3. The summed E-state index contributed by atoms with van der Waals surface area (Å²) < 4.78 is 43.8. The van der Waals surface area contributed by atoms with Crippen LogP contribution in [-0.2, 0) is 11.5 Å². The predicted molar refractivity (Wildman–Crippen MR) is 95.1 cm³/mol. The first-order valence-corrected chi connectivity index (χ1v) is 8.67. The normalized spacial score (nSPS) is 21.4. The highest BCUT2D eigenvalue weighted by molar-refractivity contribution is 5.42. The number of halogens is 3. The van der Waals surface area contributed by atoms with E-state index in [2.05, 4.69) is 4.98 Å². The molecule has 1 N–H and O–H groups in total. The highest BCUT2D eigenvalue weighted by Crippen LogP contribution is 2.47. The molecule has 0 saturated heterocycles. The van der Waals surface area contributed by atoms with Crippen LogP contribution < -0.4 is 0 Å². The number of benzene rings is 2. The molecular formula is C21H16F3N3O. The molecule has 142 valence electrons. The van der Waals surface area contributed by atoms with Crippen LogP contribution in [0.1, 0.15) is 47.3 Å². The third-order valence-electron chi connectivity index (χ3n) is 5.25. The van der Waals surface area contributed by atoms with Crippen LogP contribution in [0.15, 0.2) is 55.0 Å². The van der Waals surface area contributed by atoms with Crippen molar-refractivity contribution in [2.45, 2.75) is 30.9 Å². The van der Waals surface area contributed by atoms with Gasteiger partial charge in [-0.15, -0.1) is 0 Å². The lowest BCUT2D eigenvalue weighted by molar-refractivity contribution is 0.0167. The summed E-state index contributed by atoms with van der Waals surface area (Å²) in [6, 6.07) is 11.1. The molecule has 1 aliphatic heterocycles. The van der Waals surface area contributed by atoms with Crippen LogP contribution in [0.3, 0.4) is 0 Å². The van der Waals surface area contributed by atoms with E-state index in [1.165, 1.54) is 42.9 Å². The van der Waals surface area contributed by atoms with E-state index in [1.807, 2.05) is 6.07 Å². The van der Waals surface area contributed by atoms with Crippen LogP contribution in [0.2, 0.25) is 0 Å². The lowest BCUT2D eigenvalue weighted by Gasteiger charge is -2.24. The van der Waals surface area contributed by atoms with Gasteiger partial charge in [0.2, 0.25) is 0 Å². The van der Waals surface area contributed by atoms with Crippen molar-refractivity contribution >= 4 is 0 Å². The monoisotopic (exact) mass is 383 g/mol. The molecule has 2 aromatic carbocycles. The molecule has 0 saturated carbocycles. The summed E-state index contributed by atoms with van der Waals surface area (Å²) in [6.45, 7) is 0.796. The van der Waals surface area contributed by atoms with Crippen molar-refractivity contribution in [3.8, 4) is 6.07 Å². The van der Waals surface area contributed by atoms with Crippen LogP contribution in [-0.4, -0.2) is 14.7 Å². The van der Waals surface area contributed by atoms with E-state index in [0.29, 0.717) is 16.8 Å². The third-order valence-corrected chi connectivity index (χ3v) is 5.25. The molecule has 1 aromatic heterocycles. The number of nitriles is 1. The summed E-state index contributed by atoms with van der Waals surface area (Å²) in [4.78, 5) is 4.06. The van der Waals surface area contributed by atoms with Crippen molar-refractivity contribution in [3.05, 3.63) is 88.8 Å². The minimum absolute atomic E-state index is 0.0619. The summed E-state index contributed by atoms with van der Waals surface area (Å²) in [7, 11) is 0. The van der Waals surface area contributed by atoms with Crippen molar-refractivity contribution in [2.24, 2.45) is 0 Å². The van der Waals surface area contributed by atoms with Gasteiger partial charge in [0.25, 0.3) is 5.92 Å². The van der Waals surface area contributed by atoms with Gasteiger partial charge in [0.15, 0.2) is 0 Å². The van der Waals surface area contributed by atoms with Crippen LogP contribution >= 0.6 is 0 Å². The lowest BCUT2D eigenvalue weighted by atomic mass is 9.85. The fraction of sp³-hybridized carbons (Fsp3) is 0.238. The zero-order valence-corrected chi connectivity index (χ0v) is 14.9. The van der Waals surface area contributed by atoms with Crippen molar-refractivity contribution in [1.29, 1.82) is 5.26 Å². The van der Waals surface area contributed by atoms with Gasteiger partial charge in [0.05, 0.1) is 35.9 Å². The molecule has 2 heterocycles. The minimum Gasteiger partial charge on any atom is -0.379 e. The van der Waals surface area contributed by atoms with Gasteiger partial charge in [-0.3, -0.25) is 0 Å². The number of hydrogen-bond donors (Lipinski definition) is 1. The third kappa shape index (κ3) is 2.77. The van der Waals surface area contributed by atoms with E-state index in [9.17, 15) is 18.3 Å². The molecule has 7 heteroatoms. The molecule has 3 aromatic rings. The summed E-state index contributed by atoms with van der Waals surface area (Å²) in [5.41, 5.74) is -0.618. The maximum absolute atomic E-state index is 14.6. The van der Waals surface area contributed by atoms with E-state index in [4.69, 9.17) is 5.26 Å². The first-order valence-electron chi connectivity index (χ1n) is 8.67. The lowest BCUT2D eigenvalue weighted by Crippen LogP contribution is -2.25. The van der Waals surface area contributed by atoms with Crippen LogP contribution in [0.25, 0.3) is 0 Å². The summed E-state index contributed by atoms with van der Waals surface area (Å²) in [5.74, 6) is -3.62. The topological polar surface area (TPSA) is 61.8 Å². The Balaban J connectivity index is 1.81. The number of rotatable bonds is 3. The fourth-order valence-corrected chi connectivity index (χ4v) is 3.80. The molecule has 0 fully saturated rings. The molecule has 0 aliphatic carbocycles. The predicted octanol–water partition coefficient (Wildman–Crippen LogP) is 4.23. The van der Waals surface area contributed by atoms with E-state index >= 15 is 0 Å². The summed E-state index contributed by atoms with van der Waals surface area (Å²) >= 11 is 0. The van der Waals surface area contributed by atoms with Gasteiger partial charge in [0, 0.05) is 24.5 Å². The summed E-state index contributed by atoms with van der Waals surface area (Å²) in [6.07, 6.45) is 3.00. The number of aromatic nitrogens is 2. The Morgan fingerprint density at radius 2 is 2.07 bits per heavy atom. The van der Waals surface area contributed by atoms with Crippen molar-refractivity contribution in [3.63, 3.8) is 0 Å². The maximum Gasteiger partial charge on any atom is 0.270 e. The molecule has 4 rings (SSSR count). The standard InChI is InChI=1S/C21H16F3N3O/c1-20(23,24)14-3-2-4-15(8-14)21(28)9-18(27-12-26-11-19(21)27)16-6-5-13(10-25)7-17(16)22/h2-8,11-12,18,28H,9H2,1H3/t18-,21-/m1/s1. The Bertz CT molecular complexity index is 1100. The molecule has 4 nitrogen and oxygen atoms in total. The average Bonchev–Trinajstić information content (AvgIpc) is 3.25.